The standard InChI is InChI=1S/C10H18N2O/c1-9(2,3)7-8(13)12-10(4,5)11-6/h7H2,1-5H3,(H,12,13). The van der Waals surface area contributed by atoms with Crippen molar-refractivity contribution in [3.63, 3.8) is 0 Å². The summed E-state index contributed by atoms with van der Waals surface area (Å²) in [6.07, 6.45) is 0.450. The van der Waals surface area contributed by atoms with E-state index in [9.17, 15) is 4.79 Å². The molecular weight excluding hydrogens is 164 g/mol. The first kappa shape index (κ1) is 12.0. The van der Waals surface area contributed by atoms with Crippen LogP contribution in [0.1, 0.15) is 41.0 Å². The zero-order valence-electron chi connectivity index (χ0n) is 9.06. The Kier molecular flexibility index (Phi) is 3.48. The Morgan fingerprint density at radius 3 is 2.08 bits per heavy atom. The summed E-state index contributed by atoms with van der Waals surface area (Å²) in [7, 11) is 0. The molecule has 0 aliphatic rings. The first-order valence-electron chi connectivity index (χ1n) is 4.36. The van der Waals surface area contributed by atoms with Gasteiger partial charge in [0.2, 0.25) is 5.91 Å². The Labute approximate surface area is 80.3 Å². The fraction of sp³-hybridized carbons (Fsp3) is 0.800. The number of rotatable bonds is 2. The highest BCUT2D eigenvalue weighted by atomic mass is 16.1. The zero-order valence-corrected chi connectivity index (χ0v) is 9.06. The molecule has 0 heterocycles. The van der Waals surface area contributed by atoms with E-state index in [1.165, 1.54) is 0 Å². The Morgan fingerprint density at radius 2 is 1.77 bits per heavy atom. The lowest BCUT2D eigenvalue weighted by Crippen LogP contribution is -2.41. The molecule has 1 N–H and O–H groups in total. The number of hydrogen-bond donors (Lipinski definition) is 1. The highest BCUT2D eigenvalue weighted by Crippen LogP contribution is 2.18. The van der Waals surface area contributed by atoms with Gasteiger partial charge in [-0.1, -0.05) is 20.8 Å². The number of hydrogen-bond acceptors (Lipinski definition) is 1. The molecule has 0 aromatic rings. The van der Waals surface area contributed by atoms with Crippen molar-refractivity contribution in [1.29, 1.82) is 0 Å². The van der Waals surface area contributed by atoms with Crippen molar-refractivity contribution in [3.8, 4) is 0 Å². The molecule has 1 amide bonds. The molecule has 0 aliphatic carbocycles. The van der Waals surface area contributed by atoms with Crippen molar-refractivity contribution in [2.75, 3.05) is 0 Å². The molecule has 0 radical (unpaired) electrons. The summed E-state index contributed by atoms with van der Waals surface area (Å²) in [5.74, 6) is -0.0616. The van der Waals surface area contributed by atoms with Gasteiger partial charge in [0.1, 0.15) is 0 Å². The second kappa shape index (κ2) is 3.78. The summed E-state index contributed by atoms with van der Waals surface area (Å²) >= 11 is 0. The number of carbonyl (C=O) groups is 1. The van der Waals surface area contributed by atoms with Crippen LogP contribution in [0.3, 0.4) is 0 Å². The maximum absolute atomic E-state index is 11.4. The summed E-state index contributed by atoms with van der Waals surface area (Å²) in [5, 5.41) is 2.67. The monoisotopic (exact) mass is 182 g/mol. The van der Waals surface area contributed by atoms with Gasteiger partial charge in [-0.25, -0.2) is 6.57 Å². The van der Waals surface area contributed by atoms with Gasteiger partial charge in [-0.15, -0.1) is 0 Å². The van der Waals surface area contributed by atoms with Crippen molar-refractivity contribution < 1.29 is 4.79 Å². The summed E-state index contributed by atoms with van der Waals surface area (Å²) in [5.41, 5.74) is -0.801. The lowest BCUT2D eigenvalue weighted by Gasteiger charge is -2.19. The van der Waals surface area contributed by atoms with E-state index in [1.54, 1.807) is 13.8 Å². The lowest BCUT2D eigenvalue weighted by molar-refractivity contribution is -0.123. The molecule has 0 bridgehead atoms. The fourth-order valence-electron chi connectivity index (χ4n) is 0.895. The van der Waals surface area contributed by atoms with Crippen LogP contribution in [-0.2, 0) is 4.79 Å². The molecule has 0 spiro atoms. The molecule has 13 heavy (non-hydrogen) atoms. The van der Waals surface area contributed by atoms with E-state index in [4.69, 9.17) is 6.57 Å². The molecule has 0 atom stereocenters. The molecular formula is C10H18N2O. The van der Waals surface area contributed by atoms with Crippen LogP contribution >= 0.6 is 0 Å². The topological polar surface area (TPSA) is 33.5 Å². The molecule has 0 unspecified atom stereocenters. The maximum atomic E-state index is 11.4. The summed E-state index contributed by atoms with van der Waals surface area (Å²) in [6, 6.07) is 0. The smallest absolute Gasteiger partial charge is 0.288 e. The Balaban J connectivity index is 4.13. The quantitative estimate of drug-likeness (QED) is 0.652. The molecule has 3 nitrogen and oxygen atoms in total. The first-order chi connectivity index (χ1) is 5.66. The fourth-order valence-corrected chi connectivity index (χ4v) is 0.895. The van der Waals surface area contributed by atoms with Crippen LogP contribution < -0.4 is 5.32 Å². The molecule has 3 heteroatoms. The van der Waals surface area contributed by atoms with Crippen LogP contribution in [-0.4, -0.2) is 11.6 Å². The minimum Gasteiger partial charge on any atom is -0.288 e. The maximum Gasteiger partial charge on any atom is 0.301 e. The molecule has 0 aromatic heterocycles. The average molecular weight is 182 g/mol. The minimum atomic E-state index is -0.775. The van der Waals surface area contributed by atoms with E-state index in [0.29, 0.717) is 6.42 Å². The average Bonchev–Trinajstić information content (AvgIpc) is 1.81. The van der Waals surface area contributed by atoms with Gasteiger partial charge in [0.05, 0.1) is 0 Å². The summed E-state index contributed by atoms with van der Waals surface area (Å²) in [6.45, 7) is 16.2. The van der Waals surface area contributed by atoms with Gasteiger partial charge in [-0.3, -0.25) is 15.0 Å². The van der Waals surface area contributed by atoms with E-state index in [2.05, 4.69) is 10.2 Å². The number of carbonyl (C=O) groups excluding carboxylic acids is 1. The van der Waals surface area contributed by atoms with E-state index < -0.39 is 5.66 Å². The second-order valence-electron chi connectivity index (χ2n) is 4.96. The van der Waals surface area contributed by atoms with E-state index in [-0.39, 0.29) is 11.3 Å². The van der Waals surface area contributed by atoms with E-state index >= 15 is 0 Å². The van der Waals surface area contributed by atoms with E-state index in [1.807, 2.05) is 20.8 Å². The van der Waals surface area contributed by atoms with Crippen LogP contribution in [0.5, 0.6) is 0 Å². The molecule has 0 fully saturated rings. The second-order valence-corrected chi connectivity index (χ2v) is 4.96. The molecule has 0 saturated heterocycles. The zero-order chi connectivity index (χ0) is 10.7. The number of amides is 1. The third-order valence-electron chi connectivity index (χ3n) is 1.42. The Morgan fingerprint density at radius 1 is 1.31 bits per heavy atom. The SMILES string of the molecule is [C-]#[N+]C(C)(C)NC(=O)CC(C)(C)C. The number of nitrogens with one attached hydrogen (secondary N) is 1. The van der Waals surface area contributed by atoms with Gasteiger partial charge in [-0.2, -0.15) is 0 Å². The van der Waals surface area contributed by atoms with Crippen molar-refractivity contribution >= 4 is 5.91 Å². The minimum absolute atomic E-state index is 0.0256. The first-order valence-corrected chi connectivity index (χ1v) is 4.36. The van der Waals surface area contributed by atoms with Gasteiger partial charge in [0, 0.05) is 20.3 Å². The van der Waals surface area contributed by atoms with Crippen LogP contribution in [0.2, 0.25) is 0 Å². The molecule has 0 saturated carbocycles. The van der Waals surface area contributed by atoms with Crippen LogP contribution in [0, 0.1) is 12.0 Å². The summed E-state index contributed by atoms with van der Waals surface area (Å²) in [4.78, 5) is 14.7. The van der Waals surface area contributed by atoms with Gasteiger partial charge in [-0.05, 0) is 5.41 Å². The van der Waals surface area contributed by atoms with Gasteiger partial charge in [0.15, 0.2) is 0 Å². The largest absolute Gasteiger partial charge is 0.301 e. The van der Waals surface area contributed by atoms with Gasteiger partial charge < -0.3 is 0 Å². The third-order valence-corrected chi connectivity index (χ3v) is 1.42. The van der Waals surface area contributed by atoms with Crippen LogP contribution in [0.15, 0.2) is 0 Å². The summed E-state index contributed by atoms with van der Waals surface area (Å²) < 4.78 is 0. The van der Waals surface area contributed by atoms with Crippen molar-refractivity contribution in [2.45, 2.75) is 46.7 Å². The predicted octanol–water partition coefficient (Wildman–Crippen LogP) is 2.19. The highest BCUT2D eigenvalue weighted by Gasteiger charge is 2.26. The Hall–Kier alpha value is -1.04. The van der Waals surface area contributed by atoms with E-state index in [0.717, 1.165) is 0 Å². The third kappa shape index (κ3) is 6.15. The van der Waals surface area contributed by atoms with Gasteiger partial charge in [0.25, 0.3) is 0 Å². The van der Waals surface area contributed by atoms with Crippen molar-refractivity contribution in [1.82, 2.24) is 5.32 Å². The normalized spacial score (nSPS) is 12.0. The van der Waals surface area contributed by atoms with Gasteiger partial charge >= 0.3 is 5.66 Å². The molecule has 74 valence electrons. The highest BCUT2D eigenvalue weighted by molar-refractivity contribution is 5.77. The predicted molar refractivity (Wildman–Crippen MR) is 52.9 cm³/mol. The Bertz CT molecular complexity index is 230. The molecule has 0 aromatic carbocycles. The molecule has 0 rings (SSSR count). The lowest BCUT2D eigenvalue weighted by atomic mass is 9.92. The van der Waals surface area contributed by atoms with Crippen molar-refractivity contribution in [2.24, 2.45) is 5.41 Å². The van der Waals surface area contributed by atoms with Crippen LogP contribution in [0.25, 0.3) is 4.85 Å². The molecule has 0 aliphatic heterocycles. The van der Waals surface area contributed by atoms with Crippen molar-refractivity contribution in [3.05, 3.63) is 11.4 Å². The van der Waals surface area contributed by atoms with Crippen LogP contribution in [0.4, 0.5) is 0 Å². The number of nitrogens with zero attached hydrogens (tertiary/aromatic N) is 1.